The summed E-state index contributed by atoms with van der Waals surface area (Å²) >= 11 is 0. The van der Waals surface area contributed by atoms with Crippen LogP contribution in [0.5, 0.6) is 0 Å². The zero-order valence-electron chi connectivity index (χ0n) is 26.7. The number of anilines is 1. The van der Waals surface area contributed by atoms with Gasteiger partial charge in [-0.3, -0.25) is 0 Å². The highest BCUT2D eigenvalue weighted by Crippen LogP contribution is 2.34. The average molecular weight is 647 g/mol. The third-order valence-corrected chi connectivity index (χ3v) is 7.93. The fraction of sp³-hybridized carbons (Fsp3) is 0.312. The monoisotopic (exact) mass is 646 g/mol. The molecule has 0 unspecified atom stereocenters. The largest absolute Gasteiger partial charge is 0.443 e. The quantitative estimate of drug-likeness (QED) is 0.232. The van der Waals surface area contributed by atoms with Gasteiger partial charge in [0.25, 0.3) is 0 Å². The van der Waals surface area contributed by atoms with E-state index in [1.807, 2.05) is 0 Å². The molecule has 2 aromatic carbocycles. The molecule has 0 N–H and O–H groups in total. The van der Waals surface area contributed by atoms with Crippen LogP contribution in [0.1, 0.15) is 47.1 Å². The van der Waals surface area contributed by atoms with Crippen molar-refractivity contribution in [2.45, 2.75) is 57.6 Å². The van der Waals surface area contributed by atoms with Crippen LogP contribution in [0.3, 0.4) is 0 Å². The number of hydrogen-bond donors (Lipinski definition) is 0. The van der Waals surface area contributed by atoms with Gasteiger partial charge in [0.2, 0.25) is 10.0 Å². The maximum Gasteiger partial charge on any atom is 0.425 e. The molecule has 0 aliphatic rings. The van der Waals surface area contributed by atoms with Gasteiger partial charge >= 0.3 is 12.2 Å². The molecular weight excluding hydrogens is 612 g/mol. The summed E-state index contributed by atoms with van der Waals surface area (Å²) in [5.41, 5.74) is 0.242. The van der Waals surface area contributed by atoms with Gasteiger partial charge in [0.1, 0.15) is 16.9 Å². The first-order valence-corrected chi connectivity index (χ1v) is 15.5. The predicted octanol–water partition coefficient (Wildman–Crippen LogP) is 6.26. The molecule has 240 valence electrons. The highest BCUT2D eigenvalue weighted by atomic mass is 32.2. The van der Waals surface area contributed by atoms with Crippen molar-refractivity contribution >= 4 is 28.0 Å². The Balaban J connectivity index is 1.90. The topological polar surface area (TPSA) is 169 Å². The number of nitriles is 1. The van der Waals surface area contributed by atoms with Gasteiger partial charge in [0, 0.05) is 31.3 Å². The van der Waals surface area contributed by atoms with E-state index >= 15 is 0 Å². The van der Waals surface area contributed by atoms with E-state index < -0.39 is 33.4 Å². The van der Waals surface area contributed by atoms with Crippen molar-refractivity contribution in [1.29, 1.82) is 5.26 Å². The van der Waals surface area contributed by atoms with Crippen LogP contribution in [0.2, 0.25) is 0 Å². The third kappa shape index (κ3) is 7.74. The molecule has 0 radical (unpaired) electrons. The third-order valence-electron chi connectivity index (χ3n) is 6.10. The number of carbonyl (C=O) groups excluding carboxylic acids is 2. The van der Waals surface area contributed by atoms with Crippen molar-refractivity contribution in [2.75, 3.05) is 19.0 Å². The standard InChI is InChI=1S/C32H34N6O7S/c1-31(2,3)43-29(39)38(30(40)44-32(4,5)6)28-27(26-17-24(36-45-26)21-11-9-20(18-33)10-12-21)35-25(19-34-28)22-13-15-23(16-14-22)46(41,42)37(7)8/h9-17,19H,1-8H3. The maximum absolute atomic E-state index is 13.5. The predicted molar refractivity (Wildman–Crippen MR) is 169 cm³/mol. The van der Waals surface area contributed by atoms with Crippen molar-refractivity contribution in [2.24, 2.45) is 0 Å². The van der Waals surface area contributed by atoms with Gasteiger partial charge in [-0.1, -0.05) is 29.4 Å². The molecule has 0 saturated carbocycles. The van der Waals surface area contributed by atoms with Crippen molar-refractivity contribution in [1.82, 2.24) is 19.4 Å². The number of rotatable bonds is 6. The van der Waals surface area contributed by atoms with Crippen LogP contribution in [0.25, 0.3) is 34.0 Å². The van der Waals surface area contributed by atoms with Crippen molar-refractivity contribution in [3.8, 4) is 40.0 Å². The van der Waals surface area contributed by atoms with Crippen molar-refractivity contribution < 1.29 is 32.0 Å². The highest BCUT2D eigenvalue weighted by Gasteiger charge is 2.37. The van der Waals surface area contributed by atoms with Gasteiger partial charge in [-0.2, -0.15) is 10.2 Å². The lowest BCUT2D eigenvalue weighted by Crippen LogP contribution is -2.44. The Kier molecular flexibility index (Phi) is 9.32. The van der Waals surface area contributed by atoms with Crippen molar-refractivity contribution in [3.63, 3.8) is 0 Å². The number of nitrogens with zero attached hydrogens (tertiary/aromatic N) is 6. The smallest absolute Gasteiger partial charge is 0.425 e. The molecule has 0 bridgehead atoms. The Morgan fingerprint density at radius 3 is 1.87 bits per heavy atom. The number of imide groups is 1. The molecule has 0 spiro atoms. The number of aromatic nitrogens is 3. The highest BCUT2D eigenvalue weighted by molar-refractivity contribution is 7.89. The zero-order valence-corrected chi connectivity index (χ0v) is 27.5. The van der Waals surface area contributed by atoms with Gasteiger partial charge in [-0.25, -0.2) is 32.3 Å². The van der Waals surface area contributed by atoms with Crippen LogP contribution >= 0.6 is 0 Å². The van der Waals surface area contributed by atoms with E-state index in [1.165, 1.54) is 32.4 Å². The number of carbonyl (C=O) groups is 2. The summed E-state index contributed by atoms with van der Waals surface area (Å²) in [4.78, 5) is 36.9. The van der Waals surface area contributed by atoms with Crippen LogP contribution in [0.15, 0.2) is 70.2 Å². The van der Waals surface area contributed by atoms with E-state index in [4.69, 9.17) is 24.2 Å². The molecular formula is C32H34N6O7S. The Morgan fingerprint density at radius 1 is 0.848 bits per heavy atom. The summed E-state index contributed by atoms with van der Waals surface area (Å²) in [6.07, 6.45) is -0.793. The lowest BCUT2D eigenvalue weighted by atomic mass is 10.1. The van der Waals surface area contributed by atoms with E-state index in [0.717, 1.165) is 4.31 Å². The summed E-state index contributed by atoms with van der Waals surface area (Å²) in [7, 11) is -0.806. The Bertz CT molecular complexity index is 1870. The molecule has 0 aliphatic carbocycles. The van der Waals surface area contributed by atoms with E-state index in [2.05, 4.69) is 16.2 Å². The lowest BCUT2D eigenvalue weighted by Gasteiger charge is -2.28. The molecule has 14 heteroatoms. The van der Waals surface area contributed by atoms with E-state index in [-0.39, 0.29) is 27.9 Å². The molecule has 4 rings (SSSR count). The fourth-order valence-corrected chi connectivity index (χ4v) is 4.86. The molecule has 13 nitrogen and oxygen atoms in total. The van der Waals surface area contributed by atoms with Crippen molar-refractivity contribution in [3.05, 3.63) is 66.4 Å². The first-order chi connectivity index (χ1) is 21.4. The second-order valence-electron chi connectivity index (χ2n) is 12.3. The van der Waals surface area contributed by atoms with Crippen LogP contribution < -0.4 is 4.90 Å². The summed E-state index contributed by atoms with van der Waals surface area (Å²) in [5.74, 6) is -0.200. The van der Waals surface area contributed by atoms with Crippen LogP contribution in [0, 0.1) is 11.3 Å². The lowest BCUT2D eigenvalue weighted by molar-refractivity contribution is 0.0429. The number of ether oxygens (including phenoxy) is 2. The molecule has 2 amide bonds. The molecule has 0 atom stereocenters. The molecule has 2 heterocycles. The molecule has 46 heavy (non-hydrogen) atoms. The fourth-order valence-electron chi connectivity index (χ4n) is 3.96. The van der Waals surface area contributed by atoms with Crippen LogP contribution in [-0.4, -0.2) is 65.3 Å². The van der Waals surface area contributed by atoms with E-state index in [0.29, 0.717) is 27.3 Å². The molecule has 2 aromatic heterocycles. The summed E-state index contributed by atoms with van der Waals surface area (Å²) in [5, 5.41) is 13.3. The minimum atomic E-state index is -3.68. The van der Waals surface area contributed by atoms with Gasteiger partial charge in [-0.05, 0) is 65.8 Å². The van der Waals surface area contributed by atoms with E-state index in [1.54, 1.807) is 84.0 Å². The van der Waals surface area contributed by atoms with Gasteiger partial charge in [0.15, 0.2) is 17.3 Å². The molecule has 0 aliphatic heterocycles. The average Bonchev–Trinajstić information content (AvgIpc) is 3.46. The molecule has 4 aromatic rings. The summed E-state index contributed by atoms with van der Waals surface area (Å²) in [6, 6.07) is 16.2. The zero-order chi connectivity index (χ0) is 34.0. The van der Waals surface area contributed by atoms with Gasteiger partial charge in [0.05, 0.1) is 28.4 Å². The van der Waals surface area contributed by atoms with E-state index in [9.17, 15) is 18.0 Å². The first-order valence-electron chi connectivity index (χ1n) is 14.0. The SMILES string of the molecule is CN(C)S(=O)(=O)c1ccc(-c2cnc(N(C(=O)OC(C)(C)C)C(=O)OC(C)(C)C)c(-c3cc(-c4ccc(C#N)cc4)no3)n2)cc1. The maximum atomic E-state index is 13.5. The normalized spacial score (nSPS) is 12.0. The second-order valence-corrected chi connectivity index (χ2v) is 14.5. The number of benzene rings is 2. The summed E-state index contributed by atoms with van der Waals surface area (Å²) in [6.45, 7) is 9.88. The number of hydrogen-bond acceptors (Lipinski definition) is 11. The minimum absolute atomic E-state index is 0.0487. The van der Waals surface area contributed by atoms with Crippen LogP contribution in [0.4, 0.5) is 15.4 Å². The Hall–Kier alpha value is -5.13. The Morgan fingerprint density at radius 2 is 1.37 bits per heavy atom. The van der Waals surface area contributed by atoms with Crippen LogP contribution in [-0.2, 0) is 19.5 Å². The van der Waals surface area contributed by atoms with Gasteiger partial charge < -0.3 is 14.0 Å². The number of sulfonamides is 1. The minimum Gasteiger partial charge on any atom is -0.443 e. The second kappa shape index (κ2) is 12.7. The number of amides is 2. The molecule has 0 fully saturated rings. The summed E-state index contributed by atoms with van der Waals surface area (Å²) < 4.78 is 43.0. The first kappa shape index (κ1) is 33.8. The van der Waals surface area contributed by atoms with Gasteiger partial charge in [-0.15, -0.1) is 0 Å². The molecule has 0 saturated heterocycles. The Labute approximate surface area is 267 Å².